The lowest BCUT2D eigenvalue weighted by Crippen LogP contribution is -2.51. The predicted octanol–water partition coefficient (Wildman–Crippen LogP) is 4.54. The van der Waals surface area contributed by atoms with Crippen molar-refractivity contribution in [1.82, 2.24) is 10.2 Å². The van der Waals surface area contributed by atoms with Gasteiger partial charge in [0, 0.05) is 13.1 Å². The van der Waals surface area contributed by atoms with Gasteiger partial charge in [0.25, 0.3) is 10.0 Å². The lowest BCUT2D eigenvalue weighted by molar-refractivity contribution is -0.139. The van der Waals surface area contributed by atoms with Crippen molar-refractivity contribution in [3.8, 4) is 11.5 Å². The van der Waals surface area contributed by atoms with Crippen LogP contribution in [0, 0.1) is 6.92 Å². The number of nitrogens with zero attached hydrogens (tertiary/aromatic N) is 2. The summed E-state index contributed by atoms with van der Waals surface area (Å²) in [5.74, 6) is -0.0589. The summed E-state index contributed by atoms with van der Waals surface area (Å²) in [5, 5.41) is 2.89. The first-order valence-corrected chi connectivity index (χ1v) is 15.0. The van der Waals surface area contributed by atoms with Gasteiger partial charge in [-0.2, -0.15) is 0 Å². The van der Waals surface area contributed by atoms with Gasteiger partial charge >= 0.3 is 0 Å². The van der Waals surface area contributed by atoms with Gasteiger partial charge in [0.15, 0.2) is 0 Å². The molecule has 1 atom stereocenters. The third-order valence-electron chi connectivity index (χ3n) is 6.75. The fourth-order valence-electron chi connectivity index (χ4n) is 4.23. The first-order chi connectivity index (χ1) is 19.6. The summed E-state index contributed by atoms with van der Waals surface area (Å²) in [4.78, 5) is 28.5. The Bertz CT molecular complexity index is 1410. The Kier molecular flexibility index (Phi) is 11.2. The van der Waals surface area contributed by atoms with Crippen molar-refractivity contribution < 1.29 is 27.5 Å². The molecule has 0 radical (unpaired) electrons. The number of nitrogens with one attached hydrogen (secondary N) is 1. The fraction of sp³-hybridized carbons (Fsp3) is 0.355. The molecule has 3 aromatic rings. The molecule has 1 N–H and O–H groups in total. The molecule has 9 nitrogen and oxygen atoms in total. The Labute approximate surface area is 243 Å². The van der Waals surface area contributed by atoms with E-state index in [0.717, 1.165) is 28.3 Å². The third kappa shape index (κ3) is 8.00. The molecule has 2 amide bonds. The van der Waals surface area contributed by atoms with Gasteiger partial charge in [-0.3, -0.25) is 13.9 Å². The van der Waals surface area contributed by atoms with Gasteiger partial charge in [0.05, 0.1) is 24.8 Å². The van der Waals surface area contributed by atoms with E-state index in [-0.39, 0.29) is 28.8 Å². The lowest BCUT2D eigenvalue weighted by atomic mass is 10.1. The molecule has 220 valence electrons. The summed E-state index contributed by atoms with van der Waals surface area (Å²) in [6.07, 6.45) is 1.73. The second-order valence-corrected chi connectivity index (χ2v) is 11.5. The van der Waals surface area contributed by atoms with Crippen molar-refractivity contribution in [2.45, 2.75) is 51.1 Å². The summed E-state index contributed by atoms with van der Waals surface area (Å²) in [5.41, 5.74) is 2.08. The molecule has 0 bridgehead atoms. The van der Waals surface area contributed by atoms with Crippen LogP contribution >= 0.6 is 0 Å². The zero-order valence-corrected chi connectivity index (χ0v) is 25.1. The molecule has 3 rings (SSSR count). The first-order valence-electron chi connectivity index (χ1n) is 13.5. The number of hydrogen-bond donors (Lipinski definition) is 1. The van der Waals surface area contributed by atoms with Gasteiger partial charge < -0.3 is 19.7 Å². The van der Waals surface area contributed by atoms with E-state index in [9.17, 15) is 18.0 Å². The van der Waals surface area contributed by atoms with E-state index in [1.165, 1.54) is 31.3 Å². The standard InChI is InChI=1S/C31H39N3O6S/c1-6-7-20-32-31(36)24(3)33(21-25-14-12-23(2)13-15-25)30(35)22-34(28-10-8-9-11-29(28)40-5)41(37,38)27-18-16-26(39-4)17-19-27/h8-19,24H,6-7,20-22H2,1-5H3,(H,32,36)/t24-/m0/s1. The van der Waals surface area contributed by atoms with Crippen LogP contribution < -0.4 is 19.1 Å². The van der Waals surface area contributed by atoms with Crippen LogP contribution in [0.5, 0.6) is 11.5 Å². The number of unbranched alkanes of at least 4 members (excludes halogenated alkanes) is 1. The highest BCUT2D eigenvalue weighted by molar-refractivity contribution is 7.92. The average molecular weight is 582 g/mol. The second kappa shape index (κ2) is 14.5. The van der Waals surface area contributed by atoms with Crippen molar-refractivity contribution in [3.05, 3.63) is 83.9 Å². The fourth-order valence-corrected chi connectivity index (χ4v) is 5.66. The van der Waals surface area contributed by atoms with Crippen molar-refractivity contribution in [3.63, 3.8) is 0 Å². The van der Waals surface area contributed by atoms with E-state index < -0.39 is 28.5 Å². The highest BCUT2D eigenvalue weighted by Crippen LogP contribution is 2.33. The molecular weight excluding hydrogens is 542 g/mol. The number of anilines is 1. The number of carbonyl (C=O) groups excluding carboxylic acids is 2. The predicted molar refractivity (Wildman–Crippen MR) is 160 cm³/mol. The number of para-hydroxylation sites is 2. The van der Waals surface area contributed by atoms with E-state index in [2.05, 4.69) is 5.32 Å². The summed E-state index contributed by atoms with van der Waals surface area (Å²) >= 11 is 0. The SMILES string of the molecule is CCCCNC(=O)[C@H](C)N(Cc1ccc(C)cc1)C(=O)CN(c1ccccc1OC)S(=O)(=O)c1ccc(OC)cc1. The average Bonchev–Trinajstić information content (AvgIpc) is 2.99. The number of aryl methyl sites for hydroxylation is 1. The molecule has 0 spiro atoms. The maximum absolute atomic E-state index is 14.0. The van der Waals surface area contributed by atoms with Gasteiger partial charge in [-0.15, -0.1) is 0 Å². The van der Waals surface area contributed by atoms with Crippen LogP contribution in [0.25, 0.3) is 0 Å². The summed E-state index contributed by atoms with van der Waals surface area (Å²) < 4.78 is 39.7. The smallest absolute Gasteiger partial charge is 0.264 e. The first kappa shape index (κ1) is 31.5. The maximum Gasteiger partial charge on any atom is 0.264 e. The van der Waals surface area contributed by atoms with E-state index in [1.54, 1.807) is 43.3 Å². The number of rotatable bonds is 14. The largest absolute Gasteiger partial charge is 0.497 e. The normalized spacial score (nSPS) is 11.8. The van der Waals surface area contributed by atoms with Gasteiger partial charge in [0.2, 0.25) is 11.8 Å². The monoisotopic (exact) mass is 581 g/mol. The van der Waals surface area contributed by atoms with Crippen LogP contribution in [0.2, 0.25) is 0 Å². The van der Waals surface area contributed by atoms with Crippen LogP contribution in [0.3, 0.4) is 0 Å². The highest BCUT2D eigenvalue weighted by Gasteiger charge is 2.33. The zero-order valence-electron chi connectivity index (χ0n) is 24.3. The molecule has 0 aliphatic rings. The summed E-state index contributed by atoms with van der Waals surface area (Å²) in [7, 11) is -1.31. The molecule has 3 aromatic carbocycles. The number of sulfonamides is 1. The lowest BCUT2D eigenvalue weighted by Gasteiger charge is -2.32. The number of methoxy groups -OCH3 is 2. The zero-order chi connectivity index (χ0) is 30.0. The van der Waals surface area contributed by atoms with Crippen molar-refractivity contribution in [2.24, 2.45) is 0 Å². The van der Waals surface area contributed by atoms with Gasteiger partial charge in [-0.1, -0.05) is 55.3 Å². The van der Waals surface area contributed by atoms with Crippen molar-refractivity contribution in [1.29, 1.82) is 0 Å². The maximum atomic E-state index is 14.0. The molecule has 0 aromatic heterocycles. The number of ether oxygens (including phenoxy) is 2. The Morgan fingerprint density at radius 3 is 2.20 bits per heavy atom. The molecule has 0 aliphatic heterocycles. The molecular formula is C31H39N3O6S. The molecule has 0 fully saturated rings. The highest BCUT2D eigenvalue weighted by atomic mass is 32.2. The van der Waals surface area contributed by atoms with Crippen LogP contribution in [0.15, 0.2) is 77.7 Å². The topological polar surface area (TPSA) is 105 Å². The minimum absolute atomic E-state index is 0.0209. The molecule has 0 saturated heterocycles. The van der Waals surface area contributed by atoms with E-state index in [4.69, 9.17) is 9.47 Å². The summed E-state index contributed by atoms with van der Waals surface area (Å²) in [6.45, 7) is 5.71. The van der Waals surface area contributed by atoms with Gasteiger partial charge in [-0.25, -0.2) is 8.42 Å². The minimum atomic E-state index is -4.23. The van der Waals surface area contributed by atoms with Crippen molar-refractivity contribution in [2.75, 3.05) is 31.6 Å². The number of amides is 2. The van der Waals surface area contributed by atoms with E-state index in [0.29, 0.717) is 12.3 Å². The van der Waals surface area contributed by atoms with Crippen LogP contribution in [-0.4, -0.2) is 58.5 Å². The Morgan fingerprint density at radius 2 is 1.59 bits per heavy atom. The Hall–Kier alpha value is -4.05. The quantitative estimate of drug-likeness (QED) is 0.280. The van der Waals surface area contributed by atoms with Crippen LogP contribution in [-0.2, 0) is 26.2 Å². The van der Waals surface area contributed by atoms with Crippen LogP contribution in [0.4, 0.5) is 5.69 Å². The van der Waals surface area contributed by atoms with Crippen molar-refractivity contribution >= 4 is 27.5 Å². The number of hydrogen-bond acceptors (Lipinski definition) is 6. The molecule has 0 heterocycles. The molecule has 41 heavy (non-hydrogen) atoms. The van der Waals surface area contributed by atoms with E-state index in [1.807, 2.05) is 38.1 Å². The molecule has 10 heteroatoms. The second-order valence-electron chi connectivity index (χ2n) is 9.69. The molecule has 0 aliphatic carbocycles. The number of carbonyl (C=O) groups is 2. The van der Waals surface area contributed by atoms with Gasteiger partial charge in [0.1, 0.15) is 24.1 Å². The van der Waals surface area contributed by atoms with Gasteiger partial charge in [-0.05, 0) is 62.2 Å². The molecule has 0 saturated carbocycles. The minimum Gasteiger partial charge on any atom is -0.497 e. The Balaban J connectivity index is 2.03. The Morgan fingerprint density at radius 1 is 0.927 bits per heavy atom. The summed E-state index contributed by atoms with van der Waals surface area (Å²) in [6, 6.07) is 19.3. The molecule has 0 unspecified atom stereocenters. The third-order valence-corrected chi connectivity index (χ3v) is 8.52. The van der Waals surface area contributed by atoms with E-state index >= 15 is 0 Å². The van der Waals surface area contributed by atoms with Crippen LogP contribution in [0.1, 0.15) is 37.8 Å². The number of benzene rings is 3.